The fourth-order valence-corrected chi connectivity index (χ4v) is 9.48. The minimum Gasteiger partial charge on any atom is -0.491 e. The molecule has 0 amide bonds. The van der Waals surface area contributed by atoms with Crippen LogP contribution in [0.2, 0.25) is 5.02 Å². The number of aromatic nitrogens is 2. The zero-order valence-corrected chi connectivity index (χ0v) is 26.3. The van der Waals surface area contributed by atoms with E-state index < -0.39 is 11.6 Å². The van der Waals surface area contributed by atoms with E-state index >= 15 is 4.39 Å². The molecule has 6 heterocycles. The number of nitriles is 1. The van der Waals surface area contributed by atoms with Crippen LogP contribution in [-0.2, 0) is 0 Å². The zero-order chi connectivity index (χ0) is 31.2. The molecule has 0 radical (unpaired) electrons. The quantitative estimate of drug-likeness (QED) is 0.280. The molecule has 0 saturated carbocycles. The van der Waals surface area contributed by atoms with E-state index in [1.807, 2.05) is 0 Å². The van der Waals surface area contributed by atoms with Crippen LogP contribution in [0.15, 0.2) is 12.1 Å². The Morgan fingerprint density at radius 3 is 2.91 bits per heavy atom. The Morgan fingerprint density at radius 2 is 2.09 bits per heavy atom. The number of benzene rings is 2. The van der Waals surface area contributed by atoms with Crippen LogP contribution in [0, 0.1) is 28.9 Å². The smallest absolute Gasteiger partial charge is 0.319 e. The third kappa shape index (κ3) is 4.28. The van der Waals surface area contributed by atoms with Crippen molar-refractivity contribution in [2.75, 3.05) is 43.5 Å². The van der Waals surface area contributed by atoms with Crippen LogP contribution in [0.5, 0.6) is 11.8 Å². The fraction of sp³-hybridized carbons (Fsp3) is 0.469. The highest BCUT2D eigenvalue weighted by Gasteiger charge is 2.48. The molecule has 0 aliphatic carbocycles. The number of nitrogen functional groups attached to an aromatic ring is 1. The Hall–Kier alpha value is -3.50. The van der Waals surface area contributed by atoms with Crippen LogP contribution < -0.4 is 25.8 Å². The molecule has 4 atom stereocenters. The minimum atomic E-state index is -0.742. The van der Waals surface area contributed by atoms with Gasteiger partial charge in [0.15, 0.2) is 11.6 Å². The topological polar surface area (TPSA) is 127 Å². The normalized spacial score (nSPS) is 26.0. The van der Waals surface area contributed by atoms with E-state index in [-0.39, 0.29) is 78.3 Å². The second kappa shape index (κ2) is 10.5. The van der Waals surface area contributed by atoms with Gasteiger partial charge in [0.2, 0.25) is 0 Å². The fourth-order valence-electron chi connectivity index (χ4n) is 8.20. The Labute approximate surface area is 267 Å². The average Bonchev–Trinajstić information content (AvgIpc) is 3.74. The Kier molecular flexibility index (Phi) is 6.77. The summed E-state index contributed by atoms with van der Waals surface area (Å²) in [5, 5.41) is 10.6. The lowest BCUT2D eigenvalue weighted by molar-refractivity contribution is 0.107. The number of anilines is 2. The van der Waals surface area contributed by atoms with Gasteiger partial charge >= 0.3 is 6.01 Å². The van der Waals surface area contributed by atoms with Crippen molar-refractivity contribution in [3.05, 3.63) is 34.4 Å². The lowest BCUT2D eigenvalue weighted by Gasteiger charge is -2.33. The van der Waals surface area contributed by atoms with Gasteiger partial charge in [0.05, 0.1) is 32.8 Å². The minimum absolute atomic E-state index is 0.0116. The maximum Gasteiger partial charge on any atom is 0.319 e. The monoisotopic (exact) mass is 651 g/mol. The molecule has 9 nitrogen and oxygen atoms in total. The van der Waals surface area contributed by atoms with Crippen molar-refractivity contribution < 1.29 is 18.3 Å². The van der Waals surface area contributed by atoms with Gasteiger partial charge in [0.1, 0.15) is 34.8 Å². The van der Waals surface area contributed by atoms with E-state index in [9.17, 15) is 9.65 Å². The molecular weight excluding hydrogens is 620 g/mol. The maximum atomic E-state index is 17.1. The number of halogens is 3. The van der Waals surface area contributed by atoms with E-state index in [4.69, 9.17) is 37.5 Å². The molecule has 3 fully saturated rings. The second-order valence-corrected chi connectivity index (χ2v) is 14.3. The Balaban J connectivity index is 1.36. The molecule has 8 rings (SSSR count). The van der Waals surface area contributed by atoms with Gasteiger partial charge in [-0.1, -0.05) is 24.6 Å². The van der Waals surface area contributed by atoms with Crippen molar-refractivity contribution in [2.45, 2.75) is 56.7 Å². The van der Waals surface area contributed by atoms with Crippen LogP contribution in [-0.4, -0.2) is 65.3 Å². The van der Waals surface area contributed by atoms with E-state index in [1.54, 1.807) is 0 Å². The van der Waals surface area contributed by atoms with Crippen molar-refractivity contribution in [3.63, 3.8) is 0 Å². The van der Waals surface area contributed by atoms with Crippen molar-refractivity contribution in [2.24, 2.45) is 11.7 Å². The number of nitrogens with two attached hydrogens (primary N) is 2. The molecule has 4 N–H and O–H groups in total. The molecule has 0 spiro atoms. The molecule has 3 saturated heterocycles. The average molecular weight is 652 g/mol. The zero-order valence-electron chi connectivity index (χ0n) is 24.7. The predicted octanol–water partition coefficient (Wildman–Crippen LogP) is 5.84. The molecule has 4 aliphatic heterocycles. The van der Waals surface area contributed by atoms with Crippen LogP contribution in [0.25, 0.3) is 32.1 Å². The SMILES string of the molecule is C[C@H]1CN2CCCC2(COc2nc3c4c(c(Cl)c(-c5ccc(F)c6sc(N)c(C#N)c56)c(F)c4n2)OCCC2C(N)CCN32)C1. The molecule has 3 unspecified atom stereocenters. The number of thiophene rings is 1. The number of ether oxygens (including phenoxy) is 2. The van der Waals surface area contributed by atoms with Crippen molar-refractivity contribution in [1.29, 1.82) is 5.26 Å². The highest BCUT2D eigenvalue weighted by atomic mass is 35.5. The molecule has 0 bridgehead atoms. The van der Waals surface area contributed by atoms with Gasteiger partial charge in [-0.3, -0.25) is 4.90 Å². The molecule has 45 heavy (non-hydrogen) atoms. The number of nitrogens with zero attached hydrogens (tertiary/aromatic N) is 5. The van der Waals surface area contributed by atoms with E-state index in [2.05, 4.69) is 27.8 Å². The summed E-state index contributed by atoms with van der Waals surface area (Å²) in [6.07, 6.45) is 4.51. The summed E-state index contributed by atoms with van der Waals surface area (Å²) in [6.45, 7) is 5.64. The maximum absolute atomic E-state index is 17.1. The number of hydrogen-bond donors (Lipinski definition) is 2. The summed E-state index contributed by atoms with van der Waals surface area (Å²) in [5.74, 6) is -0.0441. The number of rotatable bonds is 4. The lowest BCUT2D eigenvalue weighted by atomic mass is 9.92. The van der Waals surface area contributed by atoms with Crippen molar-refractivity contribution in [1.82, 2.24) is 14.9 Å². The van der Waals surface area contributed by atoms with E-state index in [0.29, 0.717) is 36.7 Å². The summed E-state index contributed by atoms with van der Waals surface area (Å²) in [4.78, 5) is 14.1. The highest BCUT2D eigenvalue weighted by Crippen LogP contribution is 2.51. The summed E-state index contributed by atoms with van der Waals surface area (Å²) in [6, 6.07) is 4.60. The third-order valence-corrected chi connectivity index (χ3v) is 11.5. The number of hydrogen-bond acceptors (Lipinski definition) is 10. The van der Waals surface area contributed by atoms with Crippen LogP contribution in [0.1, 0.15) is 44.6 Å². The molecular formula is C32H32ClF2N7O2S. The third-order valence-electron chi connectivity index (χ3n) is 10.1. The standard InChI is InChI=1S/C32H32ClF2N7O2S/c1-15-11-32(7-2-8-41(32)13-15)14-44-31-39-26-23-27(43-10-6-20-19(37)5-9-42(20)30(23)40-31)24(33)22(25(26)35)16-3-4-18(34)28-21(16)17(12-36)29(38)45-28/h3-4,15,19-20H,2,5-11,13-14,37-38H2,1H3/t15-,19?,20?,32?/m1/s1. The lowest BCUT2D eigenvalue weighted by Crippen LogP contribution is -2.44. The summed E-state index contributed by atoms with van der Waals surface area (Å²) >= 11 is 7.97. The number of fused-ring (bicyclic) bond motifs is 4. The molecule has 234 valence electrons. The molecule has 2 aromatic carbocycles. The summed E-state index contributed by atoms with van der Waals surface area (Å²) in [7, 11) is 0. The summed E-state index contributed by atoms with van der Waals surface area (Å²) < 4.78 is 44.9. The van der Waals surface area contributed by atoms with Gasteiger partial charge in [-0.15, -0.1) is 11.3 Å². The molecule has 13 heteroatoms. The predicted molar refractivity (Wildman–Crippen MR) is 171 cm³/mol. The van der Waals surface area contributed by atoms with E-state index in [1.165, 1.54) is 12.1 Å². The van der Waals surface area contributed by atoms with Crippen LogP contribution in [0.3, 0.4) is 0 Å². The van der Waals surface area contributed by atoms with Crippen LogP contribution >= 0.6 is 22.9 Å². The van der Waals surface area contributed by atoms with Gasteiger partial charge in [0.25, 0.3) is 0 Å². The highest BCUT2D eigenvalue weighted by molar-refractivity contribution is 7.23. The van der Waals surface area contributed by atoms with Crippen molar-refractivity contribution in [3.8, 4) is 29.0 Å². The summed E-state index contributed by atoms with van der Waals surface area (Å²) in [5.41, 5.74) is 12.8. The second-order valence-electron chi connectivity index (χ2n) is 12.9. The first-order valence-corrected chi connectivity index (χ1v) is 16.6. The largest absolute Gasteiger partial charge is 0.491 e. The van der Waals surface area contributed by atoms with Crippen LogP contribution in [0.4, 0.5) is 19.6 Å². The van der Waals surface area contributed by atoms with Gasteiger partial charge in [-0.2, -0.15) is 15.2 Å². The molecule has 4 aliphatic rings. The van der Waals surface area contributed by atoms with Gasteiger partial charge in [-0.25, -0.2) is 8.78 Å². The Bertz CT molecular complexity index is 1930. The first kappa shape index (κ1) is 28.9. The molecule has 4 aromatic rings. The van der Waals surface area contributed by atoms with Crippen molar-refractivity contribution >= 4 is 54.7 Å². The van der Waals surface area contributed by atoms with E-state index in [0.717, 1.165) is 50.1 Å². The first-order chi connectivity index (χ1) is 21.7. The van der Waals surface area contributed by atoms with Gasteiger partial charge in [-0.05, 0) is 49.8 Å². The van der Waals surface area contributed by atoms with Gasteiger partial charge in [0, 0.05) is 42.5 Å². The first-order valence-electron chi connectivity index (χ1n) is 15.4. The Morgan fingerprint density at radius 1 is 1.24 bits per heavy atom. The molecule has 2 aromatic heterocycles. The van der Waals surface area contributed by atoms with Gasteiger partial charge < -0.3 is 25.8 Å².